The van der Waals surface area contributed by atoms with Gasteiger partial charge in [0.1, 0.15) is 5.56 Å². The Kier molecular flexibility index (Phi) is 5.37. The minimum absolute atomic E-state index is 0.0400. The molecule has 0 radical (unpaired) electrons. The number of carbonyl (C=O) groups is 1. The number of benzene rings is 2. The predicted molar refractivity (Wildman–Crippen MR) is 99.8 cm³/mol. The van der Waals surface area contributed by atoms with Crippen molar-refractivity contribution in [3.05, 3.63) is 58.1 Å². The van der Waals surface area contributed by atoms with Crippen molar-refractivity contribution < 1.29 is 35.7 Å². The number of carboxylic acid groups (broad SMARTS) is 1. The number of rotatable bonds is 4. The number of aromatic carboxylic acids is 1. The molecule has 1 aromatic heterocycles. The van der Waals surface area contributed by atoms with Gasteiger partial charge < -0.3 is 9.29 Å². The lowest BCUT2D eigenvalue weighted by Crippen LogP contribution is -2.29. The zero-order valence-corrected chi connectivity index (χ0v) is 16.2. The lowest BCUT2D eigenvalue weighted by Gasteiger charge is -2.16. The highest BCUT2D eigenvalue weighted by Gasteiger charge is 2.49. The smallest absolute Gasteiger partial charge is 0.477 e. The number of carboxylic acids is 1. The average molecular weight is 466 g/mol. The Hall–Kier alpha value is -2.56. The second-order valence-electron chi connectivity index (χ2n) is 5.63. The molecule has 0 saturated carbocycles. The van der Waals surface area contributed by atoms with Gasteiger partial charge in [0.15, 0.2) is 0 Å². The summed E-state index contributed by atoms with van der Waals surface area (Å²) in [6.07, 6.45) is 0. The number of aromatic nitrogens is 1. The van der Waals surface area contributed by atoms with Crippen molar-refractivity contribution in [3.8, 4) is 17.0 Å². The molecule has 3 rings (SSSR count). The van der Waals surface area contributed by atoms with Crippen molar-refractivity contribution in [3.63, 3.8) is 0 Å². The molecule has 12 heteroatoms. The van der Waals surface area contributed by atoms with Crippen molar-refractivity contribution >= 4 is 50.2 Å². The number of halogens is 5. The molecule has 3 aromatic rings. The van der Waals surface area contributed by atoms with Crippen LogP contribution in [0.25, 0.3) is 22.0 Å². The van der Waals surface area contributed by atoms with Crippen LogP contribution in [-0.4, -0.2) is 30.0 Å². The average Bonchev–Trinajstić information content (AvgIpc) is 2.59. The molecule has 0 aliphatic heterocycles. The SMILES string of the molecule is O=C(O)c1c(OS(=O)(=O)C(F)(F)F)nc2ccc(Cl)cc2c1-c1cccc(Cl)c1. The normalized spacial score (nSPS) is 12.2. The third kappa shape index (κ3) is 4.09. The molecular weight excluding hydrogens is 458 g/mol. The summed E-state index contributed by atoms with van der Waals surface area (Å²) in [7, 11) is -6.17. The van der Waals surface area contributed by atoms with Crippen LogP contribution in [0.5, 0.6) is 5.88 Å². The summed E-state index contributed by atoms with van der Waals surface area (Å²) >= 11 is 11.9. The Labute approximate surface area is 171 Å². The molecule has 0 fully saturated rings. The summed E-state index contributed by atoms with van der Waals surface area (Å²) in [4.78, 5) is 15.6. The van der Waals surface area contributed by atoms with Gasteiger partial charge in [0.2, 0.25) is 5.88 Å². The van der Waals surface area contributed by atoms with E-state index in [0.29, 0.717) is 0 Å². The Morgan fingerprint density at radius 2 is 1.72 bits per heavy atom. The monoisotopic (exact) mass is 465 g/mol. The first-order chi connectivity index (χ1) is 13.4. The fraction of sp³-hybridized carbons (Fsp3) is 0.0588. The molecule has 1 N–H and O–H groups in total. The third-order valence-electron chi connectivity index (χ3n) is 3.71. The van der Waals surface area contributed by atoms with Gasteiger partial charge in [-0.3, -0.25) is 0 Å². The van der Waals surface area contributed by atoms with Crippen LogP contribution in [-0.2, 0) is 10.1 Å². The predicted octanol–water partition coefficient (Wildman–Crippen LogP) is 5.14. The van der Waals surface area contributed by atoms with E-state index in [-0.39, 0.29) is 32.1 Å². The lowest BCUT2D eigenvalue weighted by molar-refractivity contribution is -0.0501. The molecule has 0 amide bonds. The van der Waals surface area contributed by atoms with Gasteiger partial charge in [0, 0.05) is 21.0 Å². The van der Waals surface area contributed by atoms with Crippen molar-refractivity contribution in [1.29, 1.82) is 0 Å². The molecule has 6 nitrogen and oxygen atoms in total. The Balaban J connectivity index is 2.44. The lowest BCUT2D eigenvalue weighted by atomic mass is 9.96. The number of hydrogen-bond donors (Lipinski definition) is 1. The highest BCUT2D eigenvalue weighted by atomic mass is 35.5. The van der Waals surface area contributed by atoms with Crippen LogP contribution >= 0.6 is 23.2 Å². The highest BCUT2D eigenvalue weighted by molar-refractivity contribution is 7.88. The fourth-order valence-electron chi connectivity index (χ4n) is 2.57. The van der Waals surface area contributed by atoms with Crippen LogP contribution in [0.15, 0.2) is 42.5 Å². The standard InChI is InChI=1S/C17H8Cl2F3NO5S/c18-9-3-1-2-8(6-9)13-11-7-10(19)4-5-12(11)23-15(14(13)16(24)25)28-29(26,27)17(20,21)22/h1-7H,(H,24,25). The van der Waals surface area contributed by atoms with Gasteiger partial charge >= 0.3 is 21.6 Å². The molecule has 0 saturated heterocycles. The van der Waals surface area contributed by atoms with Crippen LogP contribution in [0.3, 0.4) is 0 Å². The van der Waals surface area contributed by atoms with Crippen molar-refractivity contribution in [2.75, 3.05) is 0 Å². The van der Waals surface area contributed by atoms with Crippen molar-refractivity contribution in [2.24, 2.45) is 0 Å². The van der Waals surface area contributed by atoms with Gasteiger partial charge in [0.05, 0.1) is 5.52 Å². The molecule has 0 atom stereocenters. The number of nitrogens with zero attached hydrogens (tertiary/aromatic N) is 1. The van der Waals surface area contributed by atoms with Gasteiger partial charge in [0.25, 0.3) is 0 Å². The Morgan fingerprint density at radius 3 is 2.31 bits per heavy atom. The summed E-state index contributed by atoms with van der Waals surface area (Å²) in [5.41, 5.74) is -6.69. The van der Waals surface area contributed by atoms with Crippen LogP contribution < -0.4 is 4.18 Å². The third-order valence-corrected chi connectivity index (χ3v) is 5.13. The van der Waals surface area contributed by atoms with E-state index in [1.54, 1.807) is 0 Å². The summed E-state index contributed by atoms with van der Waals surface area (Å²) in [6, 6.07) is 9.74. The number of hydrogen-bond acceptors (Lipinski definition) is 5. The summed E-state index contributed by atoms with van der Waals surface area (Å²) in [5, 5.41) is 10.2. The molecule has 1 heterocycles. The van der Waals surface area contributed by atoms with E-state index < -0.39 is 33.0 Å². The molecule has 0 bridgehead atoms. The van der Waals surface area contributed by atoms with E-state index in [4.69, 9.17) is 23.2 Å². The molecule has 29 heavy (non-hydrogen) atoms. The first kappa shape index (κ1) is 21.2. The van der Waals surface area contributed by atoms with Gasteiger partial charge in [-0.05, 0) is 35.9 Å². The van der Waals surface area contributed by atoms with E-state index in [1.807, 2.05) is 0 Å². The molecular formula is C17H8Cl2F3NO5S. The first-order valence-corrected chi connectivity index (χ1v) is 9.70. The van der Waals surface area contributed by atoms with E-state index >= 15 is 0 Å². The zero-order chi connectivity index (χ0) is 21.6. The quantitative estimate of drug-likeness (QED) is 0.423. The molecule has 0 aliphatic rings. The van der Waals surface area contributed by atoms with Gasteiger partial charge in [-0.1, -0.05) is 35.3 Å². The highest BCUT2D eigenvalue weighted by Crippen LogP contribution is 2.39. The molecule has 0 unspecified atom stereocenters. The maximum Gasteiger partial charge on any atom is 0.534 e. The number of fused-ring (bicyclic) bond motifs is 1. The van der Waals surface area contributed by atoms with E-state index in [0.717, 1.165) is 0 Å². The largest absolute Gasteiger partial charge is 0.534 e. The number of alkyl halides is 3. The maximum atomic E-state index is 12.8. The van der Waals surface area contributed by atoms with Gasteiger partial charge in [-0.15, -0.1) is 0 Å². The van der Waals surface area contributed by atoms with Crippen LogP contribution in [0.1, 0.15) is 10.4 Å². The van der Waals surface area contributed by atoms with E-state index in [9.17, 15) is 31.5 Å². The van der Waals surface area contributed by atoms with E-state index in [1.165, 1.54) is 42.5 Å². The van der Waals surface area contributed by atoms with Crippen LogP contribution in [0, 0.1) is 0 Å². The van der Waals surface area contributed by atoms with Crippen molar-refractivity contribution in [2.45, 2.75) is 5.51 Å². The zero-order valence-electron chi connectivity index (χ0n) is 13.9. The maximum absolute atomic E-state index is 12.8. The molecule has 2 aromatic carbocycles. The molecule has 0 aliphatic carbocycles. The van der Waals surface area contributed by atoms with Crippen LogP contribution in [0.2, 0.25) is 10.0 Å². The Morgan fingerprint density at radius 1 is 1.07 bits per heavy atom. The van der Waals surface area contributed by atoms with Gasteiger partial charge in [-0.25, -0.2) is 9.78 Å². The van der Waals surface area contributed by atoms with Gasteiger partial charge in [-0.2, -0.15) is 21.6 Å². The van der Waals surface area contributed by atoms with Crippen LogP contribution in [0.4, 0.5) is 13.2 Å². The summed E-state index contributed by atoms with van der Waals surface area (Å²) < 4.78 is 65.3. The summed E-state index contributed by atoms with van der Waals surface area (Å²) in [5.74, 6) is -3.00. The Bertz CT molecular complexity index is 1250. The van der Waals surface area contributed by atoms with Crippen molar-refractivity contribution in [1.82, 2.24) is 4.98 Å². The summed E-state index contributed by atoms with van der Waals surface area (Å²) in [6.45, 7) is 0. The number of pyridine rings is 1. The topological polar surface area (TPSA) is 93.6 Å². The molecule has 0 spiro atoms. The molecule has 152 valence electrons. The van der Waals surface area contributed by atoms with E-state index in [2.05, 4.69) is 9.17 Å². The fourth-order valence-corrected chi connectivity index (χ4v) is 3.35. The second-order valence-corrected chi connectivity index (χ2v) is 8.04. The second kappa shape index (κ2) is 7.36. The minimum atomic E-state index is -6.17. The first-order valence-electron chi connectivity index (χ1n) is 7.54. The minimum Gasteiger partial charge on any atom is -0.477 e.